The van der Waals surface area contributed by atoms with Crippen molar-refractivity contribution in [2.24, 2.45) is 30.7 Å². The quantitative estimate of drug-likeness (QED) is 0.125. The van der Waals surface area contributed by atoms with Gasteiger partial charge in [0.2, 0.25) is 10.9 Å². The van der Waals surface area contributed by atoms with E-state index >= 15 is 0 Å². The number of hydrogen-bond donors (Lipinski definition) is 2. The summed E-state index contributed by atoms with van der Waals surface area (Å²) >= 11 is 0. The Labute approximate surface area is 277 Å². The molecule has 11 nitrogen and oxygen atoms in total. The highest BCUT2D eigenvalue weighted by atomic mass is 16.5. The topological polar surface area (TPSA) is 142 Å². The third kappa shape index (κ3) is 7.47. The molecule has 0 aliphatic rings. The first-order chi connectivity index (χ1) is 23.0. The summed E-state index contributed by atoms with van der Waals surface area (Å²) in [6.45, 7) is 11.6. The summed E-state index contributed by atoms with van der Waals surface area (Å²) in [5.41, 5.74) is 14.4. The molecule has 0 spiro atoms. The fourth-order valence-corrected chi connectivity index (χ4v) is 4.79. The minimum Gasteiger partial charge on any atom is -0.494 e. The standard InChI is InChI=1S/C37H36N8O3/c1-21-12-13-22(2)31(18-21)42-38-27-14-15-28(26(6)25(27)5)39-45-36-34(46)17-16-30(37(36)47)41-44-33-20-23(3)32(19-24(33)4)43-40-29-10-8-9-11-35(29)48-7/h8-20,39,44H,1-7H3. The fraction of sp³-hybridized carbons (Fsp3) is 0.189. The molecule has 5 aromatic rings. The lowest BCUT2D eigenvalue weighted by Gasteiger charge is -2.10. The number of anilines is 2. The molecule has 48 heavy (non-hydrogen) atoms. The molecular formula is C37H36N8O3. The van der Waals surface area contributed by atoms with Gasteiger partial charge in [-0.15, -0.1) is 5.11 Å². The number of nitrogens with one attached hydrogen (secondary N) is 2. The van der Waals surface area contributed by atoms with Crippen LogP contribution in [0.25, 0.3) is 0 Å². The molecular weight excluding hydrogens is 604 g/mol. The van der Waals surface area contributed by atoms with Crippen LogP contribution in [-0.2, 0) is 0 Å². The first-order valence-electron chi connectivity index (χ1n) is 15.3. The lowest BCUT2D eigenvalue weighted by atomic mass is 10.1. The van der Waals surface area contributed by atoms with Gasteiger partial charge in [0, 0.05) is 0 Å². The van der Waals surface area contributed by atoms with Crippen LogP contribution in [0.5, 0.6) is 5.75 Å². The summed E-state index contributed by atoms with van der Waals surface area (Å²) in [7, 11) is 1.59. The van der Waals surface area contributed by atoms with Gasteiger partial charge < -0.3 is 4.74 Å². The van der Waals surface area contributed by atoms with Crippen molar-refractivity contribution in [3.63, 3.8) is 0 Å². The van der Waals surface area contributed by atoms with Crippen molar-refractivity contribution < 1.29 is 4.74 Å². The maximum Gasteiger partial charge on any atom is 0.237 e. The largest absolute Gasteiger partial charge is 0.494 e. The summed E-state index contributed by atoms with van der Waals surface area (Å²) in [5.74, 6) is 0.626. The van der Waals surface area contributed by atoms with Crippen LogP contribution in [-0.4, -0.2) is 7.11 Å². The van der Waals surface area contributed by atoms with Gasteiger partial charge >= 0.3 is 0 Å². The average molecular weight is 641 g/mol. The van der Waals surface area contributed by atoms with Crippen LogP contribution in [0.15, 0.2) is 119 Å². The molecule has 0 heterocycles. The van der Waals surface area contributed by atoms with Gasteiger partial charge in [-0.25, -0.2) is 0 Å². The van der Waals surface area contributed by atoms with E-state index in [0.717, 1.165) is 39.1 Å². The zero-order valence-electron chi connectivity index (χ0n) is 27.9. The van der Waals surface area contributed by atoms with Crippen molar-refractivity contribution in [2.45, 2.75) is 41.5 Å². The molecule has 5 rings (SSSR count). The molecule has 0 fully saturated rings. The minimum absolute atomic E-state index is 0.0437. The summed E-state index contributed by atoms with van der Waals surface area (Å²) in [6.07, 6.45) is 0. The van der Waals surface area contributed by atoms with E-state index in [4.69, 9.17) is 4.74 Å². The lowest BCUT2D eigenvalue weighted by molar-refractivity contribution is 0.416. The molecule has 0 amide bonds. The van der Waals surface area contributed by atoms with Gasteiger partial charge in [-0.1, -0.05) is 24.3 Å². The average Bonchev–Trinajstić information content (AvgIpc) is 3.07. The number of nitrogens with zero attached hydrogens (tertiary/aromatic N) is 6. The van der Waals surface area contributed by atoms with Crippen LogP contribution in [0.1, 0.15) is 33.4 Å². The molecule has 0 bridgehead atoms. The van der Waals surface area contributed by atoms with Crippen LogP contribution >= 0.6 is 0 Å². The van der Waals surface area contributed by atoms with E-state index in [1.807, 2.05) is 102 Å². The van der Waals surface area contributed by atoms with Crippen LogP contribution in [0, 0.1) is 41.5 Å². The van der Waals surface area contributed by atoms with E-state index < -0.39 is 10.9 Å². The maximum atomic E-state index is 13.3. The minimum atomic E-state index is -0.604. The molecule has 2 N–H and O–H groups in total. The highest BCUT2D eigenvalue weighted by Gasteiger charge is 2.09. The highest BCUT2D eigenvalue weighted by molar-refractivity contribution is 5.63. The second kappa shape index (κ2) is 14.5. The molecule has 0 aliphatic heterocycles. The SMILES string of the molecule is COc1ccccc1N=Nc1cc(C)c(NN=c2ccc(=O)c(=NNc3ccc(N=Nc4cc(C)ccc4C)c(C)c3C)c2=O)cc1C. The number of para-hydroxylation sites is 1. The molecule has 0 unspecified atom stereocenters. The third-order valence-corrected chi connectivity index (χ3v) is 7.94. The Bertz CT molecular complexity index is 2300. The predicted molar refractivity (Wildman–Crippen MR) is 189 cm³/mol. The predicted octanol–water partition coefficient (Wildman–Crippen LogP) is 7.83. The first-order valence-corrected chi connectivity index (χ1v) is 15.3. The summed E-state index contributed by atoms with van der Waals surface area (Å²) in [4.78, 5) is 25.9. The number of methoxy groups -OCH3 is 1. The molecule has 0 atom stereocenters. The van der Waals surface area contributed by atoms with Crippen molar-refractivity contribution in [1.29, 1.82) is 0 Å². The van der Waals surface area contributed by atoms with Crippen LogP contribution < -0.4 is 37.2 Å². The van der Waals surface area contributed by atoms with Gasteiger partial charge in [-0.05, 0) is 130 Å². The maximum absolute atomic E-state index is 13.3. The number of aryl methyl sites for hydroxylation is 4. The van der Waals surface area contributed by atoms with E-state index in [1.165, 1.54) is 12.1 Å². The molecule has 5 aromatic carbocycles. The van der Waals surface area contributed by atoms with E-state index in [-0.39, 0.29) is 10.7 Å². The van der Waals surface area contributed by atoms with E-state index in [0.29, 0.717) is 34.2 Å². The fourth-order valence-electron chi connectivity index (χ4n) is 4.79. The van der Waals surface area contributed by atoms with Crippen molar-refractivity contribution in [1.82, 2.24) is 0 Å². The monoisotopic (exact) mass is 640 g/mol. The van der Waals surface area contributed by atoms with Crippen molar-refractivity contribution >= 4 is 34.1 Å². The first kappa shape index (κ1) is 33.3. The van der Waals surface area contributed by atoms with Crippen LogP contribution in [0.4, 0.5) is 34.1 Å². The van der Waals surface area contributed by atoms with E-state index in [9.17, 15) is 9.59 Å². The number of ether oxygens (including phenoxy) is 1. The summed E-state index contributed by atoms with van der Waals surface area (Å²) < 4.78 is 5.35. The Balaban J connectivity index is 1.37. The third-order valence-electron chi connectivity index (χ3n) is 7.94. The number of rotatable bonds is 9. The summed E-state index contributed by atoms with van der Waals surface area (Å²) in [5, 5.41) is 25.9. The lowest BCUT2D eigenvalue weighted by Crippen LogP contribution is -2.48. The van der Waals surface area contributed by atoms with Gasteiger partial charge in [0.1, 0.15) is 16.8 Å². The molecule has 0 aromatic heterocycles. The molecule has 0 saturated carbocycles. The summed E-state index contributed by atoms with van der Waals surface area (Å²) in [6, 6.07) is 23.4. The van der Waals surface area contributed by atoms with Crippen molar-refractivity contribution in [3.8, 4) is 5.75 Å². The number of benzene rings is 5. The molecule has 242 valence electrons. The van der Waals surface area contributed by atoms with Crippen molar-refractivity contribution in [2.75, 3.05) is 18.0 Å². The normalized spacial score (nSPS) is 12.3. The Kier molecular flexibility index (Phi) is 10.1. The van der Waals surface area contributed by atoms with Gasteiger partial charge in [-0.2, -0.15) is 25.5 Å². The Morgan fingerprint density at radius 1 is 0.562 bits per heavy atom. The second-order valence-corrected chi connectivity index (χ2v) is 11.4. The van der Waals surface area contributed by atoms with Gasteiger partial charge in [-0.3, -0.25) is 20.4 Å². The molecule has 0 radical (unpaired) electrons. The van der Waals surface area contributed by atoms with E-state index in [1.54, 1.807) is 13.2 Å². The van der Waals surface area contributed by atoms with Gasteiger partial charge in [0.25, 0.3) is 0 Å². The van der Waals surface area contributed by atoms with Crippen LogP contribution in [0.2, 0.25) is 0 Å². The van der Waals surface area contributed by atoms with E-state index in [2.05, 4.69) is 41.5 Å². The highest BCUT2D eigenvalue weighted by Crippen LogP contribution is 2.32. The van der Waals surface area contributed by atoms with Crippen LogP contribution in [0.3, 0.4) is 0 Å². The van der Waals surface area contributed by atoms with Gasteiger partial charge in [0.15, 0.2) is 5.36 Å². The smallest absolute Gasteiger partial charge is 0.237 e. The second-order valence-electron chi connectivity index (χ2n) is 11.4. The zero-order chi connectivity index (χ0) is 34.4. The van der Waals surface area contributed by atoms with Gasteiger partial charge in [0.05, 0.1) is 35.5 Å². The Hall–Kier alpha value is -6.10. The molecule has 11 heteroatoms. The molecule has 0 aliphatic carbocycles. The van der Waals surface area contributed by atoms with Crippen molar-refractivity contribution in [3.05, 3.63) is 143 Å². The number of azo groups is 2. The Morgan fingerprint density at radius 3 is 2.02 bits per heavy atom. The Morgan fingerprint density at radius 2 is 1.25 bits per heavy atom. The number of hydrogen-bond acceptors (Lipinski definition) is 11. The zero-order valence-corrected chi connectivity index (χ0v) is 27.9. The molecule has 0 saturated heterocycles.